The average Bonchev–Trinajstić information content (AvgIpc) is 3.12. The van der Waals surface area contributed by atoms with Crippen molar-refractivity contribution >= 4 is 0 Å². The van der Waals surface area contributed by atoms with Crippen molar-refractivity contribution in [3.8, 4) is 0 Å². The Hall–Kier alpha value is -0.910. The highest BCUT2D eigenvalue weighted by Gasteiger charge is 2.26. The number of nitrogens with zero attached hydrogens (tertiary/aromatic N) is 3. The van der Waals surface area contributed by atoms with E-state index < -0.39 is 0 Å². The molecule has 1 aliphatic carbocycles. The fraction of sp³-hybridized carbons (Fsp3) is 0.800. The van der Waals surface area contributed by atoms with E-state index in [0.29, 0.717) is 18.7 Å². The molecule has 1 saturated heterocycles. The summed E-state index contributed by atoms with van der Waals surface area (Å²) in [4.78, 5) is 2.35. The van der Waals surface area contributed by atoms with Gasteiger partial charge >= 0.3 is 0 Å². The molecule has 0 bridgehead atoms. The lowest BCUT2D eigenvalue weighted by atomic mass is 10.2. The molecule has 1 aromatic rings. The van der Waals surface area contributed by atoms with Gasteiger partial charge in [-0.15, -0.1) is 0 Å². The molecule has 2 unspecified atom stereocenters. The van der Waals surface area contributed by atoms with Crippen molar-refractivity contribution in [2.45, 2.75) is 57.3 Å². The van der Waals surface area contributed by atoms with E-state index in [1.54, 1.807) is 0 Å². The second-order valence-electron chi connectivity index (χ2n) is 6.14. The Balaban J connectivity index is 1.61. The van der Waals surface area contributed by atoms with Crippen molar-refractivity contribution in [2.24, 2.45) is 0 Å². The topological polar surface area (TPSA) is 50.5 Å². The first kappa shape index (κ1) is 14.0. The SMILES string of the molecule is CC1COC(CO)CN1Cc1ccn(C2CCCC2)n1. The Morgan fingerprint density at radius 2 is 2.20 bits per heavy atom. The minimum absolute atomic E-state index is 0.0527. The standard InChI is InChI=1S/C15H25N3O2/c1-12-11-20-15(10-19)9-17(12)8-13-6-7-18(16-13)14-4-2-3-5-14/h6-7,12,14-15,19H,2-5,8-11H2,1H3. The number of aliphatic hydroxyl groups excluding tert-OH is 1. The van der Waals surface area contributed by atoms with Gasteiger partial charge < -0.3 is 9.84 Å². The van der Waals surface area contributed by atoms with E-state index in [1.807, 2.05) is 0 Å². The van der Waals surface area contributed by atoms with E-state index in [9.17, 15) is 5.11 Å². The molecule has 2 atom stereocenters. The third-order valence-electron chi connectivity index (χ3n) is 4.57. The number of morpholine rings is 1. The molecule has 20 heavy (non-hydrogen) atoms. The van der Waals surface area contributed by atoms with Crippen LogP contribution in [0.5, 0.6) is 0 Å². The van der Waals surface area contributed by atoms with Crippen LogP contribution in [0.2, 0.25) is 0 Å². The summed E-state index contributed by atoms with van der Waals surface area (Å²) >= 11 is 0. The fourth-order valence-corrected chi connectivity index (χ4v) is 3.25. The molecule has 2 fully saturated rings. The molecular weight excluding hydrogens is 254 g/mol. The zero-order valence-electron chi connectivity index (χ0n) is 12.2. The summed E-state index contributed by atoms with van der Waals surface area (Å²) in [6, 6.07) is 3.12. The van der Waals surface area contributed by atoms with Gasteiger partial charge in [0.05, 0.1) is 31.1 Å². The van der Waals surface area contributed by atoms with Gasteiger partial charge in [-0.2, -0.15) is 5.10 Å². The van der Waals surface area contributed by atoms with Crippen LogP contribution in [-0.4, -0.2) is 51.7 Å². The van der Waals surface area contributed by atoms with Crippen LogP contribution in [-0.2, 0) is 11.3 Å². The number of rotatable bonds is 4. The number of hydrogen-bond donors (Lipinski definition) is 1. The quantitative estimate of drug-likeness (QED) is 0.909. The molecule has 2 heterocycles. The van der Waals surface area contributed by atoms with Crippen molar-refractivity contribution < 1.29 is 9.84 Å². The summed E-state index contributed by atoms with van der Waals surface area (Å²) in [6.07, 6.45) is 7.27. The molecule has 1 aliphatic heterocycles. The molecule has 0 amide bonds. The minimum atomic E-state index is -0.0527. The van der Waals surface area contributed by atoms with Crippen molar-refractivity contribution in [3.63, 3.8) is 0 Å². The van der Waals surface area contributed by atoms with Gasteiger partial charge in [-0.3, -0.25) is 9.58 Å². The molecule has 3 rings (SSSR count). The maximum Gasteiger partial charge on any atom is 0.0933 e. The lowest BCUT2D eigenvalue weighted by Gasteiger charge is -2.36. The van der Waals surface area contributed by atoms with Gasteiger partial charge in [0, 0.05) is 25.3 Å². The highest BCUT2D eigenvalue weighted by Crippen LogP contribution is 2.28. The summed E-state index contributed by atoms with van der Waals surface area (Å²) in [5.41, 5.74) is 1.13. The van der Waals surface area contributed by atoms with Crippen LogP contribution in [0.3, 0.4) is 0 Å². The second-order valence-corrected chi connectivity index (χ2v) is 6.14. The Labute approximate surface area is 120 Å². The molecule has 5 nitrogen and oxygen atoms in total. The van der Waals surface area contributed by atoms with Gasteiger partial charge in [-0.05, 0) is 25.8 Å². The molecule has 0 radical (unpaired) electrons. The van der Waals surface area contributed by atoms with E-state index in [1.165, 1.54) is 25.7 Å². The van der Waals surface area contributed by atoms with Crippen LogP contribution >= 0.6 is 0 Å². The van der Waals surface area contributed by atoms with E-state index in [4.69, 9.17) is 9.84 Å². The minimum Gasteiger partial charge on any atom is -0.394 e. The first-order valence-electron chi connectivity index (χ1n) is 7.77. The van der Waals surface area contributed by atoms with Crippen molar-refractivity contribution in [1.29, 1.82) is 0 Å². The third kappa shape index (κ3) is 3.05. The van der Waals surface area contributed by atoms with Crippen LogP contribution in [0.4, 0.5) is 0 Å². The monoisotopic (exact) mass is 279 g/mol. The van der Waals surface area contributed by atoms with Crippen LogP contribution in [0.15, 0.2) is 12.3 Å². The lowest BCUT2D eigenvalue weighted by Crippen LogP contribution is -2.48. The van der Waals surface area contributed by atoms with E-state index in [0.717, 1.165) is 18.8 Å². The van der Waals surface area contributed by atoms with E-state index >= 15 is 0 Å². The predicted octanol–water partition coefficient (Wildman–Crippen LogP) is 1.58. The lowest BCUT2D eigenvalue weighted by molar-refractivity contribution is -0.0809. The maximum atomic E-state index is 9.24. The molecule has 0 aromatic carbocycles. The van der Waals surface area contributed by atoms with Crippen molar-refractivity contribution in [1.82, 2.24) is 14.7 Å². The summed E-state index contributed by atoms with van der Waals surface area (Å²) in [5.74, 6) is 0. The van der Waals surface area contributed by atoms with Gasteiger partial charge in [-0.1, -0.05) is 12.8 Å². The van der Waals surface area contributed by atoms with Crippen LogP contribution in [0.25, 0.3) is 0 Å². The van der Waals surface area contributed by atoms with Crippen LogP contribution in [0, 0.1) is 0 Å². The van der Waals surface area contributed by atoms with E-state index in [2.05, 4.69) is 28.8 Å². The molecule has 1 saturated carbocycles. The highest BCUT2D eigenvalue weighted by molar-refractivity contribution is 5.01. The van der Waals surface area contributed by atoms with Crippen LogP contribution < -0.4 is 0 Å². The highest BCUT2D eigenvalue weighted by atomic mass is 16.5. The van der Waals surface area contributed by atoms with E-state index in [-0.39, 0.29) is 12.7 Å². The molecule has 1 aromatic heterocycles. The van der Waals surface area contributed by atoms with Crippen LogP contribution in [0.1, 0.15) is 44.3 Å². The zero-order chi connectivity index (χ0) is 13.9. The Morgan fingerprint density at radius 3 is 2.95 bits per heavy atom. The predicted molar refractivity (Wildman–Crippen MR) is 76.4 cm³/mol. The second kappa shape index (κ2) is 6.24. The first-order valence-corrected chi connectivity index (χ1v) is 7.77. The van der Waals surface area contributed by atoms with Gasteiger partial charge in [0.25, 0.3) is 0 Å². The normalized spacial score (nSPS) is 29.1. The van der Waals surface area contributed by atoms with Crippen molar-refractivity contribution in [3.05, 3.63) is 18.0 Å². The molecular formula is C15H25N3O2. The number of hydrogen-bond acceptors (Lipinski definition) is 4. The van der Waals surface area contributed by atoms with Gasteiger partial charge in [0.2, 0.25) is 0 Å². The smallest absolute Gasteiger partial charge is 0.0933 e. The zero-order valence-corrected chi connectivity index (χ0v) is 12.2. The third-order valence-corrected chi connectivity index (χ3v) is 4.57. The fourth-order valence-electron chi connectivity index (χ4n) is 3.25. The maximum absolute atomic E-state index is 9.24. The Morgan fingerprint density at radius 1 is 1.40 bits per heavy atom. The van der Waals surface area contributed by atoms with Gasteiger partial charge in [0.15, 0.2) is 0 Å². The average molecular weight is 279 g/mol. The van der Waals surface area contributed by atoms with Gasteiger partial charge in [-0.25, -0.2) is 0 Å². The Bertz CT molecular complexity index is 429. The summed E-state index contributed by atoms with van der Waals surface area (Å²) < 4.78 is 7.73. The number of aliphatic hydroxyl groups is 1. The summed E-state index contributed by atoms with van der Waals surface area (Å²) in [7, 11) is 0. The molecule has 1 N–H and O–H groups in total. The molecule has 0 spiro atoms. The molecule has 5 heteroatoms. The number of aromatic nitrogens is 2. The Kier molecular flexibility index (Phi) is 4.38. The number of ether oxygens (including phenoxy) is 1. The first-order chi connectivity index (χ1) is 9.76. The van der Waals surface area contributed by atoms with Crippen molar-refractivity contribution in [2.75, 3.05) is 19.8 Å². The molecule has 112 valence electrons. The summed E-state index contributed by atoms with van der Waals surface area (Å²) in [6.45, 7) is 4.59. The summed E-state index contributed by atoms with van der Waals surface area (Å²) in [5, 5.41) is 14.0. The largest absolute Gasteiger partial charge is 0.394 e. The molecule has 2 aliphatic rings. The van der Waals surface area contributed by atoms with Gasteiger partial charge in [0.1, 0.15) is 0 Å².